The quantitative estimate of drug-likeness (QED) is 0.899. The largest absolute Gasteiger partial charge is 0.466 e. The number of furan rings is 1. The Morgan fingerprint density at radius 1 is 1.25 bits per heavy atom. The fourth-order valence-corrected chi connectivity index (χ4v) is 2.63. The number of hydrogen-bond donors (Lipinski definition) is 1. The summed E-state index contributed by atoms with van der Waals surface area (Å²) < 4.78 is 5.54. The van der Waals surface area contributed by atoms with E-state index in [-0.39, 0.29) is 5.91 Å². The van der Waals surface area contributed by atoms with Crippen molar-refractivity contribution in [1.82, 2.24) is 15.1 Å². The number of nitrogens with one attached hydrogen (secondary N) is 1. The summed E-state index contributed by atoms with van der Waals surface area (Å²) in [5, 5.41) is 3.33. The Bertz CT molecular complexity index is 476. The molecule has 1 aliphatic rings. The zero-order valence-corrected chi connectivity index (χ0v) is 13.0. The third-order valence-corrected chi connectivity index (χ3v) is 4.08. The minimum absolute atomic E-state index is 0.0620. The van der Waals surface area contributed by atoms with E-state index in [1.54, 1.807) is 4.90 Å². The van der Waals surface area contributed by atoms with Crippen molar-refractivity contribution < 1.29 is 9.21 Å². The van der Waals surface area contributed by atoms with Crippen LogP contribution >= 0.6 is 0 Å². The van der Waals surface area contributed by atoms with Crippen LogP contribution in [0.3, 0.4) is 0 Å². The maximum absolute atomic E-state index is 12.5. The summed E-state index contributed by atoms with van der Waals surface area (Å²) in [5.74, 6) is 1.62. The van der Waals surface area contributed by atoms with E-state index in [1.165, 1.54) is 0 Å². The molecule has 0 atom stereocenters. The number of amides is 1. The average Bonchev–Trinajstić information content (AvgIpc) is 2.70. The number of carbonyl (C=O) groups is 1. The first-order valence-electron chi connectivity index (χ1n) is 7.26. The predicted octanol–water partition coefficient (Wildman–Crippen LogP) is 1.18. The van der Waals surface area contributed by atoms with E-state index in [0.29, 0.717) is 0 Å². The Balaban J connectivity index is 1.94. The normalized spacial score (nSPS) is 16.4. The van der Waals surface area contributed by atoms with E-state index in [1.807, 2.05) is 27.8 Å². The maximum atomic E-state index is 12.5. The van der Waals surface area contributed by atoms with Crippen LogP contribution < -0.4 is 5.32 Å². The first-order chi connectivity index (χ1) is 9.50. The molecule has 0 unspecified atom stereocenters. The first kappa shape index (κ1) is 15.1. The van der Waals surface area contributed by atoms with Crippen molar-refractivity contribution in [3.63, 3.8) is 0 Å². The van der Waals surface area contributed by atoms with E-state index >= 15 is 0 Å². The van der Waals surface area contributed by atoms with Gasteiger partial charge >= 0.3 is 0 Å². The molecule has 1 aromatic heterocycles. The molecule has 1 fully saturated rings. The molecule has 1 N–H and O–H groups in total. The summed E-state index contributed by atoms with van der Waals surface area (Å²) in [4.78, 5) is 16.7. The van der Waals surface area contributed by atoms with Crippen molar-refractivity contribution in [2.75, 3.05) is 46.3 Å². The molecule has 5 heteroatoms. The summed E-state index contributed by atoms with van der Waals surface area (Å²) in [6.07, 6.45) is 0. The smallest absolute Gasteiger partial charge is 0.257 e. The maximum Gasteiger partial charge on any atom is 0.257 e. The molecule has 1 aliphatic heterocycles. The van der Waals surface area contributed by atoms with Gasteiger partial charge in [0.15, 0.2) is 0 Å². The van der Waals surface area contributed by atoms with Gasteiger partial charge in [-0.2, -0.15) is 0 Å². The third-order valence-electron chi connectivity index (χ3n) is 4.08. The molecule has 5 nitrogen and oxygen atoms in total. The average molecular weight is 279 g/mol. The summed E-state index contributed by atoms with van der Waals surface area (Å²) in [6, 6.07) is 0. The molecule has 1 amide bonds. The van der Waals surface area contributed by atoms with Crippen LogP contribution in [0.2, 0.25) is 0 Å². The highest BCUT2D eigenvalue weighted by atomic mass is 16.3. The number of nitrogens with zero attached hydrogens (tertiary/aromatic N) is 2. The number of carbonyl (C=O) groups excluding carboxylic acids is 1. The molecular weight excluding hydrogens is 254 g/mol. The summed E-state index contributed by atoms with van der Waals surface area (Å²) >= 11 is 0. The zero-order chi connectivity index (χ0) is 14.7. The Hall–Kier alpha value is -1.33. The lowest BCUT2D eigenvalue weighted by Gasteiger charge is -2.29. The van der Waals surface area contributed by atoms with Crippen LogP contribution in [0.1, 0.15) is 27.4 Å². The van der Waals surface area contributed by atoms with Gasteiger partial charge in [-0.25, -0.2) is 0 Å². The monoisotopic (exact) mass is 279 g/mol. The molecule has 2 heterocycles. The number of rotatable bonds is 4. The minimum atomic E-state index is 0.0620. The van der Waals surface area contributed by atoms with E-state index in [9.17, 15) is 4.79 Å². The van der Waals surface area contributed by atoms with E-state index < -0.39 is 0 Å². The van der Waals surface area contributed by atoms with Crippen LogP contribution in [0, 0.1) is 20.8 Å². The van der Waals surface area contributed by atoms with Gasteiger partial charge in [-0.3, -0.25) is 9.69 Å². The number of likely N-dealkylation sites (N-methyl/N-ethyl adjacent to an activating group) is 1. The van der Waals surface area contributed by atoms with Crippen molar-refractivity contribution >= 4 is 5.91 Å². The molecule has 0 radical (unpaired) electrons. The first-order valence-corrected chi connectivity index (χ1v) is 7.26. The van der Waals surface area contributed by atoms with Gasteiger partial charge in [0.1, 0.15) is 11.5 Å². The lowest BCUT2D eigenvalue weighted by molar-refractivity contribution is 0.0772. The Morgan fingerprint density at radius 2 is 1.90 bits per heavy atom. The highest BCUT2D eigenvalue weighted by molar-refractivity contribution is 5.96. The van der Waals surface area contributed by atoms with Gasteiger partial charge < -0.3 is 14.6 Å². The van der Waals surface area contributed by atoms with Gasteiger partial charge in [-0.05, 0) is 20.8 Å². The van der Waals surface area contributed by atoms with Crippen LogP contribution in [0.15, 0.2) is 4.42 Å². The predicted molar refractivity (Wildman–Crippen MR) is 79.2 cm³/mol. The van der Waals surface area contributed by atoms with Crippen LogP contribution in [0.25, 0.3) is 0 Å². The summed E-state index contributed by atoms with van der Waals surface area (Å²) in [6.45, 7) is 11.6. The highest BCUT2D eigenvalue weighted by Gasteiger charge is 2.22. The summed E-state index contributed by atoms with van der Waals surface area (Å²) in [5.41, 5.74) is 1.69. The molecule has 0 aromatic carbocycles. The van der Waals surface area contributed by atoms with E-state index in [4.69, 9.17) is 4.42 Å². The molecule has 0 spiro atoms. The van der Waals surface area contributed by atoms with Gasteiger partial charge in [0.05, 0.1) is 5.56 Å². The Labute approximate surface area is 120 Å². The fraction of sp³-hybridized carbons (Fsp3) is 0.667. The van der Waals surface area contributed by atoms with Gasteiger partial charge in [0, 0.05) is 51.9 Å². The third kappa shape index (κ3) is 3.22. The van der Waals surface area contributed by atoms with Gasteiger partial charge in [-0.1, -0.05) is 0 Å². The topological polar surface area (TPSA) is 48.7 Å². The molecule has 2 rings (SSSR count). The Kier molecular flexibility index (Phi) is 4.83. The molecular formula is C15H25N3O2. The Morgan fingerprint density at radius 3 is 2.45 bits per heavy atom. The number of piperazine rings is 1. The van der Waals surface area contributed by atoms with Crippen molar-refractivity contribution in [3.8, 4) is 0 Å². The molecule has 20 heavy (non-hydrogen) atoms. The second-order valence-corrected chi connectivity index (χ2v) is 5.53. The van der Waals surface area contributed by atoms with Crippen LogP contribution in [0.4, 0.5) is 0 Å². The second-order valence-electron chi connectivity index (χ2n) is 5.53. The minimum Gasteiger partial charge on any atom is -0.466 e. The molecule has 0 saturated carbocycles. The van der Waals surface area contributed by atoms with Gasteiger partial charge in [-0.15, -0.1) is 0 Å². The molecule has 112 valence electrons. The van der Waals surface area contributed by atoms with Gasteiger partial charge in [0.25, 0.3) is 5.91 Å². The van der Waals surface area contributed by atoms with Crippen LogP contribution in [-0.2, 0) is 0 Å². The molecule has 0 aliphatic carbocycles. The standard InChI is InChI=1S/C15H25N3O2/c1-11-12(2)20-13(3)14(11)15(19)17(4)9-10-18-7-5-16-6-8-18/h16H,5-10H2,1-4H3. The van der Waals surface area contributed by atoms with Crippen molar-refractivity contribution in [2.45, 2.75) is 20.8 Å². The molecule has 1 aromatic rings. The van der Waals surface area contributed by atoms with E-state index in [0.717, 1.165) is 61.9 Å². The van der Waals surface area contributed by atoms with Crippen molar-refractivity contribution in [2.24, 2.45) is 0 Å². The van der Waals surface area contributed by atoms with Gasteiger partial charge in [0.2, 0.25) is 0 Å². The fourth-order valence-electron chi connectivity index (χ4n) is 2.63. The van der Waals surface area contributed by atoms with Crippen LogP contribution in [0.5, 0.6) is 0 Å². The molecule has 1 saturated heterocycles. The number of aryl methyl sites for hydroxylation is 2. The molecule has 0 bridgehead atoms. The van der Waals surface area contributed by atoms with Crippen LogP contribution in [-0.4, -0.2) is 62.0 Å². The van der Waals surface area contributed by atoms with Crippen molar-refractivity contribution in [1.29, 1.82) is 0 Å². The van der Waals surface area contributed by atoms with Crippen molar-refractivity contribution in [3.05, 3.63) is 22.6 Å². The lowest BCUT2D eigenvalue weighted by atomic mass is 10.1. The second kappa shape index (κ2) is 6.41. The zero-order valence-electron chi connectivity index (χ0n) is 13.0. The highest BCUT2D eigenvalue weighted by Crippen LogP contribution is 2.21. The lowest BCUT2D eigenvalue weighted by Crippen LogP contribution is -2.46. The number of hydrogen-bond acceptors (Lipinski definition) is 4. The SMILES string of the molecule is Cc1oc(C)c(C(=O)N(C)CCN2CCNCC2)c1C. The van der Waals surface area contributed by atoms with E-state index in [2.05, 4.69) is 10.2 Å². The summed E-state index contributed by atoms with van der Waals surface area (Å²) in [7, 11) is 1.87.